The Morgan fingerprint density at radius 3 is 2.10 bits per heavy atom. The van der Waals surface area contributed by atoms with Crippen LogP contribution >= 0.6 is 0 Å². The lowest BCUT2D eigenvalue weighted by Gasteiger charge is -2.12. The lowest BCUT2D eigenvalue weighted by molar-refractivity contribution is -0.144. The monoisotopic (exact) mass is 426 g/mol. The van der Waals surface area contributed by atoms with Gasteiger partial charge in [0.2, 0.25) is 0 Å². The molecule has 5 nitrogen and oxygen atoms in total. The van der Waals surface area contributed by atoms with Crippen molar-refractivity contribution < 1.29 is 14.3 Å². The number of benzene rings is 1. The number of aromatic nitrogens is 2. The summed E-state index contributed by atoms with van der Waals surface area (Å²) < 4.78 is 11.1. The molecule has 0 aliphatic rings. The Morgan fingerprint density at radius 1 is 0.871 bits per heavy atom. The molecule has 170 valence electrons. The Bertz CT molecular complexity index is 744. The lowest BCUT2D eigenvalue weighted by atomic mass is 9.97. The second kappa shape index (κ2) is 14.6. The maximum atomic E-state index is 12.1. The van der Waals surface area contributed by atoms with E-state index in [-0.39, 0.29) is 11.9 Å². The van der Waals surface area contributed by atoms with Crippen LogP contribution in [-0.2, 0) is 9.53 Å². The molecule has 2 aromatic rings. The average molecular weight is 427 g/mol. The summed E-state index contributed by atoms with van der Waals surface area (Å²) in [6.07, 6.45) is 13.0. The molecule has 0 aliphatic heterocycles. The van der Waals surface area contributed by atoms with Gasteiger partial charge in [-0.05, 0) is 24.3 Å². The van der Waals surface area contributed by atoms with Gasteiger partial charge < -0.3 is 9.47 Å². The molecule has 0 radical (unpaired) electrons. The number of ether oxygens (including phenoxy) is 2. The van der Waals surface area contributed by atoms with Gasteiger partial charge in [0.25, 0.3) is 0 Å². The van der Waals surface area contributed by atoms with Crippen LogP contribution in [0.4, 0.5) is 0 Å². The van der Waals surface area contributed by atoms with Crippen molar-refractivity contribution in [1.29, 1.82) is 0 Å². The van der Waals surface area contributed by atoms with Crippen molar-refractivity contribution in [2.24, 2.45) is 0 Å². The molecule has 1 unspecified atom stereocenters. The summed E-state index contributed by atoms with van der Waals surface area (Å²) in [5.41, 5.74) is 2.06. The van der Waals surface area contributed by atoms with Gasteiger partial charge in [-0.25, -0.2) is 9.97 Å². The van der Waals surface area contributed by atoms with E-state index in [4.69, 9.17) is 9.47 Å². The minimum atomic E-state index is -0.123. The summed E-state index contributed by atoms with van der Waals surface area (Å²) in [4.78, 5) is 20.9. The Labute approximate surface area is 187 Å². The van der Waals surface area contributed by atoms with Gasteiger partial charge in [-0.1, -0.05) is 83.6 Å². The Balaban J connectivity index is 1.79. The Morgan fingerprint density at radius 2 is 1.48 bits per heavy atom. The zero-order valence-electron chi connectivity index (χ0n) is 19.4. The highest BCUT2D eigenvalue weighted by atomic mass is 16.5. The third kappa shape index (κ3) is 9.50. The van der Waals surface area contributed by atoms with Crippen molar-refractivity contribution in [3.05, 3.63) is 42.2 Å². The number of unbranched alkanes of at least 4 members (excludes halogenated alkanes) is 6. The first kappa shape index (κ1) is 24.8. The molecule has 0 aliphatic carbocycles. The van der Waals surface area contributed by atoms with E-state index >= 15 is 0 Å². The first-order valence-electron chi connectivity index (χ1n) is 11.8. The largest absolute Gasteiger partial charge is 0.490 e. The first-order chi connectivity index (χ1) is 15.1. The number of esters is 1. The van der Waals surface area contributed by atoms with Crippen LogP contribution in [0.5, 0.6) is 5.75 Å². The van der Waals surface area contributed by atoms with Gasteiger partial charge >= 0.3 is 5.97 Å². The molecule has 0 bridgehead atoms. The molecule has 1 aromatic carbocycles. The maximum absolute atomic E-state index is 12.1. The number of hydrogen-bond acceptors (Lipinski definition) is 5. The SMILES string of the molecule is CCCCCCOC(=O)CC(C)c1ccc(-c2ncc(OCCCCCC)cn2)cc1. The molecule has 2 rings (SSSR count). The molecule has 1 atom stereocenters. The molecule has 0 fully saturated rings. The third-order valence-corrected chi connectivity index (χ3v) is 5.37. The molecular formula is C26H38N2O3. The minimum Gasteiger partial charge on any atom is -0.490 e. The normalized spacial score (nSPS) is 11.8. The van der Waals surface area contributed by atoms with Crippen LogP contribution < -0.4 is 4.74 Å². The van der Waals surface area contributed by atoms with Crippen LogP contribution in [0.15, 0.2) is 36.7 Å². The molecule has 0 saturated carbocycles. The quantitative estimate of drug-likeness (QED) is 0.234. The van der Waals surface area contributed by atoms with Crippen molar-refractivity contribution >= 4 is 5.97 Å². The van der Waals surface area contributed by atoms with E-state index in [1.165, 1.54) is 32.1 Å². The second-order valence-electron chi connectivity index (χ2n) is 8.16. The van der Waals surface area contributed by atoms with Crippen LogP contribution in [0.3, 0.4) is 0 Å². The molecule has 0 saturated heterocycles. The van der Waals surface area contributed by atoms with Gasteiger partial charge in [-0.3, -0.25) is 4.79 Å². The molecule has 0 spiro atoms. The molecule has 0 N–H and O–H groups in total. The predicted molar refractivity (Wildman–Crippen MR) is 125 cm³/mol. The summed E-state index contributed by atoms with van der Waals surface area (Å²) >= 11 is 0. The van der Waals surface area contributed by atoms with Crippen molar-refractivity contribution in [2.75, 3.05) is 13.2 Å². The molecular weight excluding hydrogens is 388 g/mol. The van der Waals surface area contributed by atoms with Crippen molar-refractivity contribution in [3.63, 3.8) is 0 Å². The van der Waals surface area contributed by atoms with Gasteiger partial charge in [-0.2, -0.15) is 0 Å². The smallest absolute Gasteiger partial charge is 0.306 e. The van der Waals surface area contributed by atoms with Gasteiger partial charge in [-0.15, -0.1) is 0 Å². The fraction of sp³-hybridized carbons (Fsp3) is 0.577. The standard InChI is InChI=1S/C26H38N2O3/c1-4-6-8-10-16-30-24-19-27-26(28-20-24)23-14-12-22(13-15-23)21(3)18-25(29)31-17-11-9-7-5-2/h12-15,19-21H,4-11,16-18H2,1-3H3. The highest BCUT2D eigenvalue weighted by molar-refractivity contribution is 5.70. The van der Waals surface area contributed by atoms with E-state index in [9.17, 15) is 4.79 Å². The molecule has 31 heavy (non-hydrogen) atoms. The van der Waals surface area contributed by atoms with Gasteiger partial charge in [0.15, 0.2) is 11.6 Å². The lowest BCUT2D eigenvalue weighted by Crippen LogP contribution is -2.09. The van der Waals surface area contributed by atoms with E-state index in [0.29, 0.717) is 31.2 Å². The number of carbonyl (C=O) groups is 1. The van der Waals surface area contributed by atoms with Crippen LogP contribution in [0.2, 0.25) is 0 Å². The zero-order valence-corrected chi connectivity index (χ0v) is 19.4. The van der Waals surface area contributed by atoms with Crippen molar-refractivity contribution in [2.45, 2.75) is 84.5 Å². The van der Waals surface area contributed by atoms with E-state index < -0.39 is 0 Å². The molecule has 5 heteroatoms. The topological polar surface area (TPSA) is 61.3 Å². The van der Waals surface area contributed by atoms with Crippen molar-refractivity contribution in [3.8, 4) is 17.1 Å². The van der Waals surface area contributed by atoms with Crippen molar-refractivity contribution in [1.82, 2.24) is 9.97 Å². The second-order valence-corrected chi connectivity index (χ2v) is 8.16. The summed E-state index contributed by atoms with van der Waals surface area (Å²) in [5, 5.41) is 0. The minimum absolute atomic E-state index is 0.113. The van der Waals surface area contributed by atoms with Gasteiger partial charge in [0, 0.05) is 5.56 Å². The van der Waals surface area contributed by atoms with Crippen LogP contribution in [0, 0.1) is 0 Å². The number of hydrogen-bond donors (Lipinski definition) is 0. The summed E-state index contributed by atoms with van der Waals surface area (Å²) in [6.45, 7) is 7.66. The first-order valence-corrected chi connectivity index (χ1v) is 11.8. The van der Waals surface area contributed by atoms with Crippen LogP contribution in [-0.4, -0.2) is 29.2 Å². The number of rotatable bonds is 15. The fourth-order valence-corrected chi connectivity index (χ4v) is 3.36. The highest BCUT2D eigenvalue weighted by Crippen LogP contribution is 2.23. The van der Waals surface area contributed by atoms with E-state index in [1.54, 1.807) is 12.4 Å². The highest BCUT2D eigenvalue weighted by Gasteiger charge is 2.13. The molecule has 1 heterocycles. The van der Waals surface area contributed by atoms with E-state index in [2.05, 4.69) is 30.7 Å². The average Bonchev–Trinajstić information content (AvgIpc) is 2.79. The zero-order chi connectivity index (χ0) is 22.3. The fourth-order valence-electron chi connectivity index (χ4n) is 3.36. The summed E-state index contributed by atoms with van der Waals surface area (Å²) in [5.74, 6) is 1.37. The number of nitrogens with zero attached hydrogens (tertiary/aromatic N) is 2. The van der Waals surface area contributed by atoms with Crippen LogP contribution in [0.1, 0.15) is 90.0 Å². The van der Waals surface area contributed by atoms with Gasteiger partial charge in [0.05, 0.1) is 32.0 Å². The van der Waals surface area contributed by atoms with Crippen LogP contribution in [0.25, 0.3) is 11.4 Å². The van der Waals surface area contributed by atoms with E-state index in [1.807, 2.05) is 24.3 Å². The summed E-state index contributed by atoms with van der Waals surface area (Å²) in [6, 6.07) is 8.08. The maximum Gasteiger partial charge on any atom is 0.306 e. The molecule has 0 amide bonds. The van der Waals surface area contributed by atoms with E-state index in [0.717, 1.165) is 30.4 Å². The Kier molecular flexibility index (Phi) is 11.7. The third-order valence-electron chi connectivity index (χ3n) is 5.37. The summed E-state index contributed by atoms with van der Waals surface area (Å²) in [7, 11) is 0. The Hall–Kier alpha value is -2.43. The number of carbonyl (C=O) groups excluding carboxylic acids is 1. The predicted octanol–water partition coefficient (Wildman–Crippen LogP) is 6.72. The van der Waals surface area contributed by atoms with Gasteiger partial charge in [0.1, 0.15) is 0 Å². The molecule has 1 aromatic heterocycles.